The summed E-state index contributed by atoms with van der Waals surface area (Å²) in [5, 5.41) is 12.3. The van der Waals surface area contributed by atoms with Crippen molar-refractivity contribution >= 4 is 11.8 Å². The van der Waals surface area contributed by atoms with E-state index in [9.17, 15) is 0 Å². The molecule has 0 aliphatic carbocycles. The molecule has 0 amide bonds. The van der Waals surface area contributed by atoms with E-state index in [4.69, 9.17) is 5.26 Å². The fraction of sp³-hybridized carbons (Fsp3) is 0.875. The van der Waals surface area contributed by atoms with Gasteiger partial charge in [-0.05, 0) is 26.0 Å². The van der Waals surface area contributed by atoms with Crippen LogP contribution in [0, 0.1) is 11.3 Å². The lowest BCUT2D eigenvalue weighted by molar-refractivity contribution is 0.414. The molecule has 1 atom stereocenters. The summed E-state index contributed by atoms with van der Waals surface area (Å²) in [4.78, 5) is 0. The third kappa shape index (κ3) is 2.11. The molecule has 0 radical (unpaired) electrons. The number of hydrogen-bond donors (Lipinski definition) is 1. The van der Waals surface area contributed by atoms with Gasteiger partial charge in [-0.2, -0.15) is 17.0 Å². The predicted octanol–water partition coefficient (Wildman–Crippen LogP) is 1.38. The molecule has 0 aromatic carbocycles. The molecule has 62 valence electrons. The smallest absolute Gasteiger partial charge is 0.116 e. The summed E-state index contributed by atoms with van der Waals surface area (Å²) in [6.07, 6.45) is 0.992. The Morgan fingerprint density at radius 3 is 2.73 bits per heavy atom. The highest BCUT2D eigenvalue weighted by Gasteiger charge is 2.34. The van der Waals surface area contributed by atoms with Crippen LogP contribution in [0.2, 0.25) is 0 Å². The SMILES string of the molecule is CC(C)NC1(C#N)CCSC1. The Morgan fingerprint density at radius 2 is 2.36 bits per heavy atom. The zero-order valence-corrected chi connectivity index (χ0v) is 7.87. The monoisotopic (exact) mass is 170 g/mol. The van der Waals surface area contributed by atoms with Crippen LogP contribution in [0.4, 0.5) is 0 Å². The maximum absolute atomic E-state index is 8.94. The molecule has 0 saturated carbocycles. The van der Waals surface area contributed by atoms with Gasteiger partial charge < -0.3 is 0 Å². The molecule has 0 bridgehead atoms. The minimum absolute atomic E-state index is 0.223. The summed E-state index contributed by atoms with van der Waals surface area (Å²) in [7, 11) is 0. The van der Waals surface area contributed by atoms with E-state index in [1.54, 1.807) is 0 Å². The molecule has 1 fully saturated rings. The highest BCUT2D eigenvalue weighted by molar-refractivity contribution is 7.99. The summed E-state index contributed by atoms with van der Waals surface area (Å²) in [5.74, 6) is 2.06. The minimum Gasteiger partial charge on any atom is -0.296 e. The largest absolute Gasteiger partial charge is 0.296 e. The molecule has 0 aromatic heterocycles. The molecule has 1 rings (SSSR count). The maximum Gasteiger partial charge on any atom is 0.116 e. The van der Waals surface area contributed by atoms with Crippen LogP contribution in [0.5, 0.6) is 0 Å². The van der Waals surface area contributed by atoms with E-state index < -0.39 is 0 Å². The van der Waals surface area contributed by atoms with E-state index in [0.717, 1.165) is 17.9 Å². The van der Waals surface area contributed by atoms with Crippen LogP contribution in [-0.2, 0) is 0 Å². The van der Waals surface area contributed by atoms with Crippen LogP contribution >= 0.6 is 11.8 Å². The molecule has 1 unspecified atom stereocenters. The number of rotatable bonds is 2. The van der Waals surface area contributed by atoms with Crippen molar-refractivity contribution in [1.29, 1.82) is 5.26 Å². The van der Waals surface area contributed by atoms with Crippen LogP contribution in [0.15, 0.2) is 0 Å². The third-order valence-electron chi connectivity index (χ3n) is 1.80. The molecule has 3 heteroatoms. The van der Waals surface area contributed by atoms with Gasteiger partial charge >= 0.3 is 0 Å². The normalized spacial score (nSPS) is 30.7. The number of thioether (sulfide) groups is 1. The zero-order valence-electron chi connectivity index (χ0n) is 7.05. The molecule has 1 aliphatic heterocycles. The van der Waals surface area contributed by atoms with Crippen molar-refractivity contribution in [3.63, 3.8) is 0 Å². The Morgan fingerprint density at radius 1 is 1.64 bits per heavy atom. The first kappa shape index (κ1) is 8.89. The molecular weight excluding hydrogens is 156 g/mol. The number of nitriles is 1. The van der Waals surface area contributed by atoms with Gasteiger partial charge in [-0.3, -0.25) is 5.32 Å². The van der Waals surface area contributed by atoms with Gasteiger partial charge in [0.25, 0.3) is 0 Å². The van der Waals surface area contributed by atoms with E-state index in [1.165, 1.54) is 0 Å². The third-order valence-corrected chi connectivity index (χ3v) is 2.99. The second-order valence-corrected chi connectivity index (χ2v) is 4.40. The quantitative estimate of drug-likeness (QED) is 0.680. The van der Waals surface area contributed by atoms with Gasteiger partial charge in [-0.1, -0.05) is 0 Å². The summed E-state index contributed by atoms with van der Waals surface area (Å²) in [5.41, 5.74) is -0.223. The number of nitrogens with zero attached hydrogens (tertiary/aromatic N) is 1. The Labute approximate surface area is 72.4 Å². The van der Waals surface area contributed by atoms with Crippen molar-refractivity contribution in [3.8, 4) is 6.07 Å². The molecule has 11 heavy (non-hydrogen) atoms. The summed E-state index contributed by atoms with van der Waals surface area (Å²) < 4.78 is 0. The van der Waals surface area contributed by atoms with Gasteiger partial charge in [0.2, 0.25) is 0 Å². The van der Waals surface area contributed by atoms with Crippen molar-refractivity contribution in [3.05, 3.63) is 0 Å². The predicted molar refractivity (Wildman–Crippen MR) is 48.6 cm³/mol. The minimum atomic E-state index is -0.223. The van der Waals surface area contributed by atoms with Gasteiger partial charge in [-0.25, -0.2) is 0 Å². The van der Waals surface area contributed by atoms with E-state index in [0.29, 0.717) is 6.04 Å². The van der Waals surface area contributed by atoms with Gasteiger partial charge in [0.05, 0.1) is 6.07 Å². The lowest BCUT2D eigenvalue weighted by Crippen LogP contribution is -2.47. The first-order valence-electron chi connectivity index (χ1n) is 3.95. The number of nitrogens with one attached hydrogen (secondary N) is 1. The Bertz CT molecular complexity index is 165. The molecule has 1 heterocycles. The van der Waals surface area contributed by atoms with Crippen LogP contribution in [0.25, 0.3) is 0 Å². The lowest BCUT2D eigenvalue weighted by Gasteiger charge is -2.23. The van der Waals surface area contributed by atoms with Crippen molar-refractivity contribution in [2.75, 3.05) is 11.5 Å². The van der Waals surface area contributed by atoms with Crippen LogP contribution < -0.4 is 5.32 Å². The molecule has 1 N–H and O–H groups in total. The van der Waals surface area contributed by atoms with Crippen molar-refractivity contribution < 1.29 is 0 Å². The van der Waals surface area contributed by atoms with Crippen molar-refractivity contribution in [1.82, 2.24) is 5.32 Å². The summed E-state index contributed by atoms with van der Waals surface area (Å²) >= 11 is 1.86. The molecule has 2 nitrogen and oxygen atoms in total. The highest BCUT2D eigenvalue weighted by Crippen LogP contribution is 2.27. The van der Waals surface area contributed by atoms with Crippen molar-refractivity contribution in [2.45, 2.75) is 31.8 Å². The molecule has 1 aliphatic rings. The highest BCUT2D eigenvalue weighted by atomic mass is 32.2. The van der Waals surface area contributed by atoms with Crippen LogP contribution in [0.1, 0.15) is 20.3 Å². The van der Waals surface area contributed by atoms with E-state index in [-0.39, 0.29) is 5.54 Å². The molecule has 1 saturated heterocycles. The second kappa shape index (κ2) is 3.46. The molecular formula is C8H14N2S. The Hall–Kier alpha value is -0.200. The van der Waals surface area contributed by atoms with E-state index in [1.807, 2.05) is 11.8 Å². The Balaban J connectivity index is 2.54. The molecule has 0 spiro atoms. The average molecular weight is 170 g/mol. The second-order valence-electron chi connectivity index (χ2n) is 3.30. The fourth-order valence-electron chi connectivity index (χ4n) is 1.35. The van der Waals surface area contributed by atoms with Gasteiger partial charge in [-0.15, -0.1) is 0 Å². The van der Waals surface area contributed by atoms with E-state index in [2.05, 4.69) is 25.2 Å². The maximum atomic E-state index is 8.94. The van der Waals surface area contributed by atoms with Crippen molar-refractivity contribution in [2.24, 2.45) is 0 Å². The Kier molecular flexibility index (Phi) is 2.80. The standard InChI is InChI=1S/C8H14N2S/c1-7(2)10-8(5-9)3-4-11-6-8/h7,10H,3-4,6H2,1-2H3. The van der Waals surface area contributed by atoms with Gasteiger partial charge in [0.1, 0.15) is 5.54 Å². The number of hydrogen-bond acceptors (Lipinski definition) is 3. The summed E-state index contributed by atoms with van der Waals surface area (Å²) in [6, 6.07) is 2.79. The van der Waals surface area contributed by atoms with Gasteiger partial charge in [0.15, 0.2) is 0 Å². The first-order chi connectivity index (χ1) is 5.18. The zero-order chi connectivity index (χ0) is 8.32. The first-order valence-corrected chi connectivity index (χ1v) is 5.11. The van der Waals surface area contributed by atoms with Crippen LogP contribution in [0.3, 0.4) is 0 Å². The lowest BCUT2D eigenvalue weighted by atomic mass is 10.0. The van der Waals surface area contributed by atoms with E-state index >= 15 is 0 Å². The van der Waals surface area contributed by atoms with Gasteiger partial charge in [0, 0.05) is 11.8 Å². The fourth-order valence-corrected chi connectivity index (χ4v) is 2.63. The molecule has 0 aromatic rings. The van der Waals surface area contributed by atoms with Crippen LogP contribution in [-0.4, -0.2) is 23.1 Å². The summed E-state index contributed by atoms with van der Waals surface area (Å²) in [6.45, 7) is 4.17. The average Bonchev–Trinajstić information content (AvgIpc) is 2.36. The topological polar surface area (TPSA) is 35.8 Å².